The van der Waals surface area contributed by atoms with Crippen LogP contribution in [0.5, 0.6) is 0 Å². The molecule has 0 spiro atoms. The second-order valence-electron chi connectivity index (χ2n) is 9.42. The van der Waals surface area contributed by atoms with E-state index in [1.807, 2.05) is 31.9 Å². The van der Waals surface area contributed by atoms with Crippen molar-refractivity contribution in [3.63, 3.8) is 0 Å². The molecule has 4 rings (SSSR count). The SMILES string of the molecule is Cc1cc2cnn(C3CCCCO3)c2cc1C1CCN(C(=O)OC(C)(C)C)CC1. The fraction of sp³-hybridized carbons (Fsp3) is 0.652. The zero-order valence-electron chi connectivity index (χ0n) is 18.1. The van der Waals surface area contributed by atoms with E-state index in [-0.39, 0.29) is 12.3 Å². The maximum Gasteiger partial charge on any atom is 0.410 e. The number of carbonyl (C=O) groups is 1. The van der Waals surface area contributed by atoms with Crippen LogP contribution in [0.25, 0.3) is 10.9 Å². The third-order valence-electron chi connectivity index (χ3n) is 6.00. The lowest BCUT2D eigenvalue weighted by molar-refractivity contribution is -0.0366. The van der Waals surface area contributed by atoms with E-state index in [0.717, 1.165) is 50.9 Å². The number of hydrogen-bond donors (Lipinski definition) is 0. The van der Waals surface area contributed by atoms with Gasteiger partial charge in [0.2, 0.25) is 0 Å². The highest BCUT2D eigenvalue weighted by Gasteiger charge is 2.28. The maximum atomic E-state index is 12.4. The molecule has 3 heterocycles. The Hall–Kier alpha value is -2.08. The number of amides is 1. The third kappa shape index (κ3) is 4.42. The van der Waals surface area contributed by atoms with Gasteiger partial charge in [0, 0.05) is 25.1 Å². The molecular formula is C23H33N3O3. The zero-order chi connectivity index (χ0) is 20.6. The van der Waals surface area contributed by atoms with Crippen LogP contribution in [-0.4, -0.2) is 46.1 Å². The monoisotopic (exact) mass is 399 g/mol. The molecule has 2 fully saturated rings. The van der Waals surface area contributed by atoms with Gasteiger partial charge in [-0.25, -0.2) is 9.48 Å². The minimum absolute atomic E-state index is 0.0471. The molecular weight excluding hydrogens is 366 g/mol. The van der Waals surface area contributed by atoms with Crippen LogP contribution in [0.2, 0.25) is 0 Å². The van der Waals surface area contributed by atoms with E-state index in [1.165, 1.54) is 22.9 Å². The van der Waals surface area contributed by atoms with Gasteiger partial charge >= 0.3 is 6.09 Å². The molecule has 158 valence electrons. The average molecular weight is 400 g/mol. The molecule has 2 aromatic rings. The predicted molar refractivity (Wildman–Crippen MR) is 113 cm³/mol. The first-order valence-corrected chi connectivity index (χ1v) is 10.9. The molecule has 1 atom stereocenters. The van der Waals surface area contributed by atoms with Gasteiger partial charge in [0.25, 0.3) is 0 Å². The number of hydrogen-bond acceptors (Lipinski definition) is 4. The molecule has 6 heteroatoms. The second-order valence-corrected chi connectivity index (χ2v) is 9.42. The summed E-state index contributed by atoms with van der Waals surface area (Å²) in [5.41, 5.74) is 3.39. The van der Waals surface area contributed by atoms with Gasteiger partial charge in [-0.3, -0.25) is 0 Å². The van der Waals surface area contributed by atoms with Crippen molar-refractivity contribution in [2.24, 2.45) is 0 Å². The number of piperidine rings is 1. The molecule has 0 N–H and O–H groups in total. The molecule has 6 nitrogen and oxygen atoms in total. The Labute approximate surface area is 173 Å². The number of likely N-dealkylation sites (tertiary alicyclic amines) is 1. The molecule has 2 aliphatic rings. The summed E-state index contributed by atoms with van der Waals surface area (Å²) in [6.07, 6.45) is 7.06. The molecule has 1 unspecified atom stereocenters. The largest absolute Gasteiger partial charge is 0.444 e. The lowest BCUT2D eigenvalue weighted by atomic mass is 9.86. The number of rotatable bonds is 2. The second kappa shape index (κ2) is 7.98. The van der Waals surface area contributed by atoms with E-state index in [9.17, 15) is 4.79 Å². The van der Waals surface area contributed by atoms with Crippen LogP contribution in [0, 0.1) is 6.92 Å². The highest BCUT2D eigenvalue weighted by atomic mass is 16.6. The molecule has 1 aromatic carbocycles. The number of ether oxygens (including phenoxy) is 2. The van der Waals surface area contributed by atoms with Gasteiger partial charge < -0.3 is 14.4 Å². The van der Waals surface area contributed by atoms with Crippen LogP contribution in [0.15, 0.2) is 18.3 Å². The summed E-state index contributed by atoms with van der Waals surface area (Å²) in [5.74, 6) is 0.453. The standard InChI is InChI=1S/C23H33N3O3/c1-16-13-18-15-24-26(21-7-5-6-12-28-21)20(18)14-19(16)17-8-10-25(11-9-17)22(27)29-23(2,3)4/h13-15,17,21H,5-12H2,1-4H3. The summed E-state index contributed by atoms with van der Waals surface area (Å²) < 4.78 is 13.6. The van der Waals surface area contributed by atoms with Crippen LogP contribution in [-0.2, 0) is 9.47 Å². The van der Waals surface area contributed by atoms with Crippen molar-refractivity contribution >= 4 is 17.0 Å². The summed E-state index contributed by atoms with van der Waals surface area (Å²) in [7, 11) is 0. The quantitative estimate of drug-likeness (QED) is 0.700. The molecule has 29 heavy (non-hydrogen) atoms. The molecule has 1 aromatic heterocycles. The summed E-state index contributed by atoms with van der Waals surface area (Å²) >= 11 is 0. The Morgan fingerprint density at radius 2 is 1.93 bits per heavy atom. The molecule has 0 saturated carbocycles. The fourth-order valence-electron chi connectivity index (χ4n) is 4.51. The number of nitrogens with zero attached hydrogens (tertiary/aromatic N) is 3. The Morgan fingerprint density at radius 1 is 1.17 bits per heavy atom. The van der Waals surface area contributed by atoms with Crippen molar-refractivity contribution in [1.82, 2.24) is 14.7 Å². The van der Waals surface area contributed by atoms with E-state index >= 15 is 0 Å². The zero-order valence-corrected chi connectivity index (χ0v) is 18.1. The Bertz CT molecular complexity index is 869. The first-order chi connectivity index (χ1) is 13.8. The van der Waals surface area contributed by atoms with E-state index in [4.69, 9.17) is 9.47 Å². The Morgan fingerprint density at radius 3 is 2.59 bits per heavy atom. The average Bonchev–Trinajstić information content (AvgIpc) is 3.09. The van der Waals surface area contributed by atoms with Gasteiger partial charge in [-0.2, -0.15) is 5.10 Å². The number of benzene rings is 1. The molecule has 1 amide bonds. The first kappa shape index (κ1) is 20.2. The maximum absolute atomic E-state index is 12.4. The van der Waals surface area contributed by atoms with Crippen molar-refractivity contribution in [2.75, 3.05) is 19.7 Å². The molecule has 2 aliphatic heterocycles. The van der Waals surface area contributed by atoms with E-state index in [2.05, 4.69) is 28.8 Å². The number of carbonyl (C=O) groups excluding carboxylic acids is 1. The normalized spacial score (nSPS) is 21.5. The van der Waals surface area contributed by atoms with Crippen LogP contribution in [0.3, 0.4) is 0 Å². The molecule has 2 saturated heterocycles. The van der Waals surface area contributed by atoms with Crippen molar-refractivity contribution in [3.05, 3.63) is 29.5 Å². The van der Waals surface area contributed by atoms with Crippen LogP contribution >= 0.6 is 0 Å². The van der Waals surface area contributed by atoms with Gasteiger partial charge in [-0.05, 0) is 89.0 Å². The van der Waals surface area contributed by atoms with Crippen LogP contribution in [0.1, 0.15) is 76.1 Å². The highest BCUT2D eigenvalue weighted by Crippen LogP contribution is 2.34. The fourth-order valence-corrected chi connectivity index (χ4v) is 4.51. The van der Waals surface area contributed by atoms with Gasteiger partial charge in [0.15, 0.2) is 6.23 Å². The Kier molecular flexibility index (Phi) is 5.56. The molecule has 0 aliphatic carbocycles. The number of aromatic nitrogens is 2. The van der Waals surface area contributed by atoms with E-state index < -0.39 is 5.60 Å². The van der Waals surface area contributed by atoms with Gasteiger partial charge in [-0.1, -0.05) is 0 Å². The Balaban J connectivity index is 1.51. The van der Waals surface area contributed by atoms with Crippen molar-refractivity contribution in [1.29, 1.82) is 0 Å². The predicted octanol–water partition coefficient (Wildman–Crippen LogP) is 5.16. The first-order valence-electron chi connectivity index (χ1n) is 10.9. The summed E-state index contributed by atoms with van der Waals surface area (Å²) in [6.45, 7) is 10.2. The minimum Gasteiger partial charge on any atom is -0.444 e. The molecule has 0 bridgehead atoms. The smallest absolute Gasteiger partial charge is 0.410 e. The highest BCUT2D eigenvalue weighted by molar-refractivity contribution is 5.81. The summed E-state index contributed by atoms with van der Waals surface area (Å²) in [6, 6.07) is 4.56. The van der Waals surface area contributed by atoms with Crippen molar-refractivity contribution in [3.8, 4) is 0 Å². The number of fused-ring (bicyclic) bond motifs is 1. The van der Waals surface area contributed by atoms with E-state index in [0.29, 0.717) is 5.92 Å². The van der Waals surface area contributed by atoms with Crippen LogP contribution in [0.4, 0.5) is 4.79 Å². The minimum atomic E-state index is -0.449. The van der Waals surface area contributed by atoms with E-state index in [1.54, 1.807) is 0 Å². The van der Waals surface area contributed by atoms with Crippen molar-refractivity contribution in [2.45, 2.75) is 77.5 Å². The lowest BCUT2D eigenvalue weighted by Crippen LogP contribution is -2.41. The molecule has 0 radical (unpaired) electrons. The number of aryl methyl sites for hydroxylation is 1. The van der Waals surface area contributed by atoms with Gasteiger partial charge in [0.05, 0.1) is 11.7 Å². The summed E-state index contributed by atoms with van der Waals surface area (Å²) in [5, 5.41) is 5.81. The summed E-state index contributed by atoms with van der Waals surface area (Å²) in [4.78, 5) is 14.2. The topological polar surface area (TPSA) is 56.6 Å². The van der Waals surface area contributed by atoms with Gasteiger partial charge in [-0.15, -0.1) is 0 Å². The van der Waals surface area contributed by atoms with Crippen molar-refractivity contribution < 1.29 is 14.3 Å². The lowest BCUT2D eigenvalue weighted by Gasteiger charge is -2.34. The van der Waals surface area contributed by atoms with Gasteiger partial charge in [0.1, 0.15) is 5.60 Å². The van der Waals surface area contributed by atoms with Crippen LogP contribution < -0.4 is 0 Å². The third-order valence-corrected chi connectivity index (χ3v) is 6.00.